The zero-order valence-corrected chi connectivity index (χ0v) is 47.1. The number of unbranched alkanes of at least 4 members (excludes halogenated alkanes) is 35. The smallest absolute Gasteiger partial charge is 0.305 e. The summed E-state index contributed by atoms with van der Waals surface area (Å²) in [6.07, 6.45) is 54.0. The number of carbonyl (C=O) groups is 2. The summed E-state index contributed by atoms with van der Waals surface area (Å²) in [6.45, 7) is 4.28. The van der Waals surface area contributed by atoms with Gasteiger partial charge in [-0.05, 0) is 77.0 Å². The van der Waals surface area contributed by atoms with Crippen LogP contribution in [0.15, 0.2) is 36.5 Å². The van der Waals surface area contributed by atoms with Crippen molar-refractivity contribution in [1.82, 2.24) is 5.32 Å². The van der Waals surface area contributed by atoms with Gasteiger partial charge < -0.3 is 45.1 Å². The summed E-state index contributed by atoms with van der Waals surface area (Å²) in [5.74, 6) is -0.195. The molecule has 1 fully saturated rings. The number of carbonyl (C=O) groups excluding carboxylic acids is 2. The zero-order valence-electron chi connectivity index (χ0n) is 47.1. The highest BCUT2D eigenvalue weighted by molar-refractivity contribution is 5.76. The molecule has 11 nitrogen and oxygen atoms in total. The molecule has 0 radical (unpaired) electrons. The lowest BCUT2D eigenvalue weighted by molar-refractivity contribution is -0.302. The molecule has 1 rings (SSSR count). The number of hydrogen-bond donors (Lipinski definition) is 6. The van der Waals surface area contributed by atoms with Gasteiger partial charge in [-0.25, -0.2) is 0 Å². The Morgan fingerprint density at radius 2 is 0.890 bits per heavy atom. The van der Waals surface area contributed by atoms with Crippen molar-refractivity contribution in [2.24, 2.45) is 0 Å². The maximum atomic E-state index is 13.0. The van der Waals surface area contributed by atoms with Crippen LogP contribution in [0.1, 0.15) is 284 Å². The Balaban J connectivity index is 2.00. The monoisotopic (exact) mass is 1030 g/mol. The van der Waals surface area contributed by atoms with Gasteiger partial charge in [-0.2, -0.15) is 0 Å². The van der Waals surface area contributed by atoms with Gasteiger partial charge in [0, 0.05) is 12.8 Å². The number of allylic oxidation sites excluding steroid dienone is 5. The van der Waals surface area contributed by atoms with Crippen LogP contribution in [0, 0.1) is 0 Å². The lowest BCUT2D eigenvalue weighted by Gasteiger charge is -2.40. The van der Waals surface area contributed by atoms with Crippen LogP contribution in [0.4, 0.5) is 0 Å². The number of aliphatic hydroxyl groups excluding tert-OH is 5. The Bertz CT molecular complexity index is 1310. The Morgan fingerprint density at radius 1 is 0.493 bits per heavy atom. The largest absolute Gasteiger partial charge is 0.466 e. The SMILES string of the molecule is CCCC/C=C\CCCCCCCC(=O)OCCCCCCCCCCCCCC/C=C\CCCCCCCCCCCC(=O)NC(COC1OC(CO)C(O)C(O)C1O)C(O)/C=C/CCCCCCCCC. The van der Waals surface area contributed by atoms with Crippen LogP contribution in [0.25, 0.3) is 0 Å². The molecule has 0 aliphatic carbocycles. The fourth-order valence-corrected chi connectivity index (χ4v) is 9.53. The summed E-state index contributed by atoms with van der Waals surface area (Å²) in [6, 6.07) is -0.811. The van der Waals surface area contributed by atoms with Gasteiger partial charge >= 0.3 is 5.97 Å². The number of ether oxygens (including phenoxy) is 3. The number of amides is 1. The summed E-state index contributed by atoms with van der Waals surface area (Å²) in [5.41, 5.74) is 0. The lowest BCUT2D eigenvalue weighted by Crippen LogP contribution is -2.60. The Morgan fingerprint density at radius 3 is 1.36 bits per heavy atom. The molecule has 1 aliphatic heterocycles. The van der Waals surface area contributed by atoms with E-state index in [4.69, 9.17) is 14.2 Å². The van der Waals surface area contributed by atoms with Gasteiger partial charge in [-0.1, -0.05) is 230 Å². The van der Waals surface area contributed by atoms with Gasteiger partial charge in [0.25, 0.3) is 0 Å². The maximum Gasteiger partial charge on any atom is 0.305 e. The van der Waals surface area contributed by atoms with Crippen molar-refractivity contribution in [3.05, 3.63) is 36.5 Å². The molecule has 1 saturated heterocycles. The third kappa shape index (κ3) is 41.7. The van der Waals surface area contributed by atoms with Crippen LogP contribution in [0.5, 0.6) is 0 Å². The molecule has 0 saturated carbocycles. The van der Waals surface area contributed by atoms with E-state index in [1.807, 2.05) is 6.08 Å². The van der Waals surface area contributed by atoms with Crippen molar-refractivity contribution < 1.29 is 49.3 Å². The third-order valence-corrected chi connectivity index (χ3v) is 14.5. The van der Waals surface area contributed by atoms with Crippen LogP contribution in [0.3, 0.4) is 0 Å². The molecular weight excluding hydrogens is 919 g/mol. The molecule has 1 aliphatic rings. The van der Waals surface area contributed by atoms with E-state index in [2.05, 4.69) is 43.5 Å². The number of rotatable bonds is 53. The molecule has 428 valence electrons. The highest BCUT2D eigenvalue weighted by atomic mass is 16.7. The van der Waals surface area contributed by atoms with E-state index < -0.39 is 49.5 Å². The molecule has 6 N–H and O–H groups in total. The summed E-state index contributed by atoms with van der Waals surface area (Å²) < 4.78 is 16.7. The topological polar surface area (TPSA) is 175 Å². The maximum absolute atomic E-state index is 13.0. The van der Waals surface area contributed by atoms with E-state index in [0.29, 0.717) is 19.4 Å². The first kappa shape index (κ1) is 68.9. The van der Waals surface area contributed by atoms with Gasteiger partial charge in [0.05, 0.1) is 32.0 Å². The van der Waals surface area contributed by atoms with Crippen molar-refractivity contribution in [2.75, 3.05) is 19.8 Å². The second-order valence-corrected chi connectivity index (χ2v) is 21.4. The summed E-state index contributed by atoms with van der Waals surface area (Å²) in [5, 5.41) is 54.2. The van der Waals surface area contributed by atoms with E-state index in [9.17, 15) is 35.1 Å². The predicted molar refractivity (Wildman–Crippen MR) is 301 cm³/mol. The summed E-state index contributed by atoms with van der Waals surface area (Å²) >= 11 is 0. The first-order valence-electron chi connectivity index (χ1n) is 30.8. The number of hydrogen-bond acceptors (Lipinski definition) is 10. The van der Waals surface area contributed by atoms with Gasteiger partial charge in [0.1, 0.15) is 24.4 Å². The lowest BCUT2D eigenvalue weighted by atomic mass is 9.99. The van der Waals surface area contributed by atoms with Crippen molar-refractivity contribution in [1.29, 1.82) is 0 Å². The third-order valence-electron chi connectivity index (χ3n) is 14.5. The first-order valence-corrected chi connectivity index (χ1v) is 30.8. The molecule has 0 spiro atoms. The summed E-state index contributed by atoms with van der Waals surface area (Å²) in [7, 11) is 0. The zero-order chi connectivity index (χ0) is 53.1. The average Bonchev–Trinajstić information content (AvgIpc) is 3.39. The Labute approximate surface area is 447 Å². The van der Waals surface area contributed by atoms with Crippen molar-refractivity contribution in [3.8, 4) is 0 Å². The normalized spacial score (nSPS) is 19.1. The van der Waals surface area contributed by atoms with Crippen molar-refractivity contribution >= 4 is 11.9 Å². The molecule has 1 amide bonds. The summed E-state index contributed by atoms with van der Waals surface area (Å²) in [4.78, 5) is 25.0. The van der Waals surface area contributed by atoms with Crippen molar-refractivity contribution in [3.63, 3.8) is 0 Å². The van der Waals surface area contributed by atoms with E-state index in [-0.39, 0.29) is 18.5 Å². The van der Waals surface area contributed by atoms with Gasteiger partial charge in [-0.3, -0.25) is 9.59 Å². The molecule has 7 unspecified atom stereocenters. The average molecular weight is 1030 g/mol. The standard InChI is InChI=1S/C62H115NO10/c1-3-5-7-9-11-13-29-34-38-42-46-50-58(67)71-51-47-43-39-35-31-28-26-24-22-20-18-16-14-15-17-19-21-23-25-27-30-33-37-41-45-49-57(66)63-54(55(65)48-44-40-36-32-12-10-8-6-4-2)53-72-62-61(70)60(69)59(68)56(52-64)73-62/h9,11,15,17,44,48,54-56,59-62,64-65,68-70H,3-8,10,12-14,16,18-43,45-47,49-53H2,1-2H3,(H,63,66)/b11-9-,17-15-,48-44+. The minimum atomic E-state index is -1.57. The molecular formula is C62H115NO10. The van der Waals surface area contributed by atoms with Crippen LogP contribution in [-0.2, 0) is 23.8 Å². The highest BCUT2D eigenvalue weighted by Crippen LogP contribution is 2.23. The molecule has 0 aromatic heterocycles. The number of esters is 1. The second kappa shape index (κ2) is 52.0. The quantitative estimate of drug-likeness (QED) is 0.0195. The van der Waals surface area contributed by atoms with Crippen molar-refractivity contribution in [2.45, 2.75) is 326 Å². The van der Waals surface area contributed by atoms with E-state index in [0.717, 1.165) is 57.8 Å². The molecule has 73 heavy (non-hydrogen) atoms. The highest BCUT2D eigenvalue weighted by Gasteiger charge is 2.44. The molecule has 11 heteroatoms. The molecule has 0 aromatic carbocycles. The fourth-order valence-electron chi connectivity index (χ4n) is 9.53. The van der Waals surface area contributed by atoms with Gasteiger partial charge in [0.2, 0.25) is 5.91 Å². The van der Waals surface area contributed by atoms with Crippen LogP contribution < -0.4 is 5.32 Å². The minimum Gasteiger partial charge on any atom is -0.466 e. The first-order chi connectivity index (χ1) is 35.7. The Kier molecular flexibility index (Phi) is 49.0. The number of nitrogens with one attached hydrogen (secondary N) is 1. The number of aliphatic hydroxyl groups is 5. The van der Waals surface area contributed by atoms with Crippen LogP contribution in [-0.4, -0.2) is 100 Å². The molecule has 7 atom stereocenters. The fraction of sp³-hybridized carbons (Fsp3) is 0.871. The van der Waals surface area contributed by atoms with E-state index >= 15 is 0 Å². The second-order valence-electron chi connectivity index (χ2n) is 21.4. The minimum absolute atomic E-state index is 0.00858. The van der Waals surface area contributed by atoms with Gasteiger partial charge in [-0.15, -0.1) is 0 Å². The van der Waals surface area contributed by atoms with Crippen LogP contribution >= 0.6 is 0 Å². The molecule has 0 bridgehead atoms. The Hall–Kier alpha value is -2.12. The van der Waals surface area contributed by atoms with Gasteiger partial charge in [0.15, 0.2) is 6.29 Å². The molecule has 1 heterocycles. The van der Waals surface area contributed by atoms with Crippen LogP contribution in [0.2, 0.25) is 0 Å². The van der Waals surface area contributed by atoms with E-state index in [1.165, 1.54) is 199 Å². The van der Waals surface area contributed by atoms with E-state index in [1.54, 1.807) is 6.08 Å². The molecule has 0 aromatic rings. The predicted octanol–water partition coefficient (Wildman–Crippen LogP) is 14.3.